The molecule has 0 saturated carbocycles. The minimum Gasteiger partial charge on any atom is -0.495 e. The minimum absolute atomic E-state index is 0.303. The van der Waals surface area contributed by atoms with Crippen LogP contribution in [0, 0.1) is 6.92 Å². The van der Waals surface area contributed by atoms with Crippen LogP contribution in [0.2, 0.25) is 5.02 Å². The third-order valence-electron chi connectivity index (χ3n) is 7.23. The number of carbonyl (C=O) groups is 2. The van der Waals surface area contributed by atoms with Crippen LogP contribution in [0.15, 0.2) is 66.7 Å². The summed E-state index contributed by atoms with van der Waals surface area (Å²) >= 11 is 6.22. The smallest absolute Gasteiger partial charge is 0.340 e. The molecule has 0 spiro atoms. The molecule has 0 bridgehead atoms. The summed E-state index contributed by atoms with van der Waals surface area (Å²) in [5.41, 5.74) is 5.43. The SMILES string of the molecule is CCC(OC(=O)c1c2c(nc3ccccc13)CCN(Cc1ccccc1)C2)C(=O)Nc1cc(C)c(Cl)cc1OC. The van der Waals surface area contributed by atoms with E-state index in [4.69, 9.17) is 26.1 Å². The summed E-state index contributed by atoms with van der Waals surface area (Å²) in [5, 5.41) is 4.10. The minimum atomic E-state index is -1.00. The maximum absolute atomic E-state index is 13.9. The van der Waals surface area contributed by atoms with E-state index in [9.17, 15) is 9.59 Å². The number of aryl methyl sites for hydroxylation is 1. The van der Waals surface area contributed by atoms with Crippen LogP contribution in [0.1, 0.15) is 46.1 Å². The van der Waals surface area contributed by atoms with Gasteiger partial charge in [-0.25, -0.2) is 4.79 Å². The molecule has 7 nitrogen and oxygen atoms in total. The largest absolute Gasteiger partial charge is 0.495 e. The van der Waals surface area contributed by atoms with E-state index in [1.165, 1.54) is 12.7 Å². The number of anilines is 1. The van der Waals surface area contributed by atoms with Gasteiger partial charge in [0.15, 0.2) is 6.10 Å². The standard InChI is InChI=1S/C32H32ClN3O4/c1-4-28(31(37)35-27-16-20(2)24(33)17-29(27)39-3)40-32(38)30-22-12-8-9-13-25(22)34-26-14-15-36(19-23(26)30)18-21-10-6-5-7-11-21/h5-13,16-17,28H,4,14-15,18-19H2,1-3H3,(H,35,37). The summed E-state index contributed by atoms with van der Waals surface area (Å²) in [6.45, 7) is 5.82. The van der Waals surface area contributed by atoms with Crippen LogP contribution in [0.4, 0.5) is 5.69 Å². The highest BCUT2D eigenvalue weighted by Crippen LogP contribution is 2.32. The maximum atomic E-state index is 13.9. The van der Waals surface area contributed by atoms with Crippen LogP contribution in [0.5, 0.6) is 5.75 Å². The van der Waals surface area contributed by atoms with Crippen molar-refractivity contribution in [1.29, 1.82) is 0 Å². The van der Waals surface area contributed by atoms with E-state index < -0.39 is 18.0 Å². The summed E-state index contributed by atoms with van der Waals surface area (Å²) in [7, 11) is 1.51. The van der Waals surface area contributed by atoms with Gasteiger partial charge in [0.2, 0.25) is 0 Å². The van der Waals surface area contributed by atoms with E-state index in [1.54, 1.807) is 12.1 Å². The van der Waals surface area contributed by atoms with E-state index >= 15 is 0 Å². The second kappa shape index (κ2) is 12.1. The van der Waals surface area contributed by atoms with E-state index in [-0.39, 0.29) is 0 Å². The first-order valence-electron chi connectivity index (χ1n) is 13.4. The maximum Gasteiger partial charge on any atom is 0.340 e. The normalized spacial score (nSPS) is 13.9. The molecule has 1 N–H and O–H groups in total. The fourth-order valence-corrected chi connectivity index (χ4v) is 5.26. The Balaban J connectivity index is 1.43. The highest BCUT2D eigenvalue weighted by Gasteiger charge is 2.30. The van der Waals surface area contributed by atoms with Crippen molar-refractivity contribution in [3.63, 3.8) is 0 Å². The monoisotopic (exact) mass is 557 g/mol. The molecule has 8 heteroatoms. The summed E-state index contributed by atoms with van der Waals surface area (Å²) in [5.74, 6) is -0.538. The molecule has 2 heterocycles. The zero-order valence-electron chi connectivity index (χ0n) is 22.9. The first-order chi connectivity index (χ1) is 19.4. The fraction of sp³-hybridized carbons (Fsp3) is 0.281. The molecule has 0 aliphatic carbocycles. The Bertz CT molecular complexity index is 1560. The molecule has 0 fully saturated rings. The lowest BCUT2D eigenvalue weighted by Gasteiger charge is -2.30. The number of nitrogens with zero attached hydrogens (tertiary/aromatic N) is 2. The van der Waals surface area contributed by atoms with Gasteiger partial charge < -0.3 is 14.8 Å². The van der Waals surface area contributed by atoms with E-state index in [0.29, 0.717) is 35.0 Å². The number of hydrogen-bond acceptors (Lipinski definition) is 6. The number of hydrogen-bond donors (Lipinski definition) is 1. The molecule has 1 unspecified atom stereocenters. The lowest BCUT2D eigenvalue weighted by molar-refractivity contribution is -0.124. The van der Waals surface area contributed by atoms with Crippen molar-refractivity contribution in [3.8, 4) is 5.75 Å². The van der Waals surface area contributed by atoms with Crippen LogP contribution in [-0.4, -0.2) is 41.5 Å². The molecule has 0 saturated heterocycles. The lowest BCUT2D eigenvalue weighted by Crippen LogP contribution is -2.35. The summed E-state index contributed by atoms with van der Waals surface area (Å²) in [6.07, 6.45) is 0.0261. The summed E-state index contributed by atoms with van der Waals surface area (Å²) in [4.78, 5) is 34.3. The van der Waals surface area contributed by atoms with Gasteiger partial charge in [-0.15, -0.1) is 0 Å². The molecular formula is C32H32ClN3O4. The average Bonchev–Trinajstić information content (AvgIpc) is 2.96. The number of para-hydroxylation sites is 1. The van der Waals surface area contributed by atoms with Crippen LogP contribution in [-0.2, 0) is 29.0 Å². The Morgan fingerprint density at radius 1 is 1.10 bits per heavy atom. The van der Waals surface area contributed by atoms with Crippen molar-refractivity contribution in [2.75, 3.05) is 19.0 Å². The van der Waals surface area contributed by atoms with Crippen molar-refractivity contribution in [1.82, 2.24) is 9.88 Å². The predicted octanol–water partition coefficient (Wildman–Crippen LogP) is 6.34. The van der Waals surface area contributed by atoms with Crippen molar-refractivity contribution in [2.24, 2.45) is 0 Å². The number of ether oxygens (including phenoxy) is 2. The fourth-order valence-electron chi connectivity index (χ4n) is 5.11. The Morgan fingerprint density at radius 2 is 1.85 bits per heavy atom. The van der Waals surface area contributed by atoms with E-state index in [2.05, 4.69) is 22.3 Å². The molecule has 1 amide bonds. The van der Waals surface area contributed by atoms with Gasteiger partial charge in [0.05, 0.1) is 23.9 Å². The topological polar surface area (TPSA) is 80.8 Å². The lowest BCUT2D eigenvalue weighted by atomic mass is 9.95. The van der Waals surface area contributed by atoms with Crippen molar-refractivity contribution >= 4 is 40.1 Å². The van der Waals surface area contributed by atoms with Gasteiger partial charge in [-0.2, -0.15) is 0 Å². The molecule has 4 aromatic rings. The molecular weight excluding hydrogens is 526 g/mol. The Morgan fingerprint density at radius 3 is 2.60 bits per heavy atom. The summed E-state index contributed by atoms with van der Waals surface area (Å²) < 4.78 is 11.3. The van der Waals surface area contributed by atoms with Gasteiger partial charge in [0, 0.05) is 53.8 Å². The van der Waals surface area contributed by atoms with Crippen molar-refractivity contribution < 1.29 is 19.1 Å². The van der Waals surface area contributed by atoms with Gasteiger partial charge in [-0.05, 0) is 36.6 Å². The predicted molar refractivity (Wildman–Crippen MR) is 157 cm³/mol. The molecule has 40 heavy (non-hydrogen) atoms. The molecule has 1 atom stereocenters. The van der Waals surface area contributed by atoms with Gasteiger partial charge in [0.1, 0.15) is 5.75 Å². The number of fused-ring (bicyclic) bond motifs is 2. The first kappa shape index (κ1) is 27.6. The molecule has 1 aliphatic heterocycles. The Kier molecular flexibility index (Phi) is 8.33. The third kappa shape index (κ3) is 5.81. The number of esters is 1. The molecule has 5 rings (SSSR count). The second-order valence-electron chi connectivity index (χ2n) is 9.97. The molecule has 1 aliphatic rings. The van der Waals surface area contributed by atoms with Crippen LogP contribution < -0.4 is 10.1 Å². The van der Waals surface area contributed by atoms with Gasteiger partial charge in [-0.3, -0.25) is 14.7 Å². The number of benzene rings is 3. The highest BCUT2D eigenvalue weighted by atomic mass is 35.5. The number of carbonyl (C=O) groups excluding carboxylic acids is 2. The number of amides is 1. The van der Waals surface area contributed by atoms with E-state index in [0.717, 1.165) is 47.2 Å². The quantitative estimate of drug-likeness (QED) is 0.255. The highest BCUT2D eigenvalue weighted by molar-refractivity contribution is 6.31. The van der Waals surface area contributed by atoms with Gasteiger partial charge >= 0.3 is 5.97 Å². The number of aromatic nitrogens is 1. The second-order valence-corrected chi connectivity index (χ2v) is 10.4. The molecule has 3 aromatic carbocycles. The summed E-state index contributed by atoms with van der Waals surface area (Å²) in [6, 6.07) is 21.2. The first-order valence-corrected chi connectivity index (χ1v) is 13.8. The van der Waals surface area contributed by atoms with Crippen molar-refractivity contribution in [2.45, 2.75) is 45.9 Å². The van der Waals surface area contributed by atoms with Crippen LogP contribution in [0.3, 0.4) is 0 Å². The zero-order chi connectivity index (χ0) is 28.2. The van der Waals surface area contributed by atoms with Crippen LogP contribution in [0.25, 0.3) is 10.9 Å². The zero-order valence-corrected chi connectivity index (χ0v) is 23.6. The van der Waals surface area contributed by atoms with Gasteiger partial charge in [0.25, 0.3) is 5.91 Å². The van der Waals surface area contributed by atoms with Gasteiger partial charge in [-0.1, -0.05) is 67.1 Å². The Labute approximate surface area is 239 Å². The Hall–Kier alpha value is -3.94. The number of rotatable bonds is 8. The number of halogens is 1. The molecule has 206 valence electrons. The number of nitrogens with one attached hydrogen (secondary N) is 1. The number of pyridine rings is 1. The number of methoxy groups -OCH3 is 1. The van der Waals surface area contributed by atoms with Crippen LogP contribution >= 0.6 is 11.6 Å². The molecule has 1 aromatic heterocycles. The molecule has 0 radical (unpaired) electrons. The van der Waals surface area contributed by atoms with Crippen molar-refractivity contribution in [3.05, 3.63) is 99.7 Å². The average molecular weight is 558 g/mol. The third-order valence-corrected chi connectivity index (χ3v) is 7.64. The van der Waals surface area contributed by atoms with E-state index in [1.807, 2.05) is 56.3 Å².